The van der Waals surface area contributed by atoms with E-state index in [2.05, 4.69) is 0 Å². The Morgan fingerprint density at radius 2 is 1.86 bits per heavy atom. The number of ketones is 1. The molecule has 1 aliphatic rings. The van der Waals surface area contributed by atoms with Gasteiger partial charge in [-0.3, -0.25) is 14.4 Å². The average Bonchev–Trinajstić information content (AvgIpc) is 2.73. The number of carbonyl (C=O) groups is 3. The fraction of sp³-hybridized carbons (Fsp3) is 0.348. The molecule has 3 rings (SSSR count). The fourth-order valence-corrected chi connectivity index (χ4v) is 4.08. The smallest absolute Gasteiger partial charge is 0.314 e. The van der Waals surface area contributed by atoms with Crippen molar-refractivity contribution in [3.05, 3.63) is 70.7 Å². The molecule has 1 amide bonds. The maximum absolute atomic E-state index is 12.9. The van der Waals surface area contributed by atoms with Crippen LogP contribution in [0.2, 0.25) is 5.02 Å². The van der Waals surface area contributed by atoms with Crippen LogP contribution in [0.25, 0.3) is 0 Å². The maximum Gasteiger partial charge on any atom is 0.314 e. The molecule has 1 saturated heterocycles. The van der Waals surface area contributed by atoms with Gasteiger partial charge in [-0.15, -0.1) is 0 Å². The van der Waals surface area contributed by atoms with Gasteiger partial charge in [0.2, 0.25) is 5.78 Å². The van der Waals surface area contributed by atoms with E-state index in [1.165, 1.54) is 4.90 Å². The van der Waals surface area contributed by atoms with Gasteiger partial charge in [0.1, 0.15) is 0 Å². The molecule has 1 fully saturated rings. The lowest BCUT2D eigenvalue weighted by Gasteiger charge is -2.40. The molecule has 1 atom stereocenters. The molecule has 0 aliphatic carbocycles. The largest absolute Gasteiger partial charge is 0.466 e. The summed E-state index contributed by atoms with van der Waals surface area (Å²) in [6, 6.07) is 15.8. The number of Topliss-reactive ketones (excluding diaryl/α,β-unsaturated/α-hetero) is 1. The monoisotopic (exact) mass is 413 g/mol. The molecule has 2 aromatic carbocycles. The van der Waals surface area contributed by atoms with Gasteiger partial charge in [-0.1, -0.05) is 54.1 Å². The SMILES string of the molecule is CCOC(=O)[C@@]1(Cc2cccc(Cl)c2)CCCN(C(=O)C(=O)c2ccccc2)C1. The molecule has 5 nitrogen and oxygen atoms in total. The Balaban J connectivity index is 1.86. The summed E-state index contributed by atoms with van der Waals surface area (Å²) in [4.78, 5) is 39.9. The van der Waals surface area contributed by atoms with Crippen LogP contribution in [0.3, 0.4) is 0 Å². The molecule has 0 radical (unpaired) electrons. The lowest BCUT2D eigenvalue weighted by Crippen LogP contribution is -2.53. The van der Waals surface area contributed by atoms with Crippen LogP contribution in [0, 0.1) is 5.41 Å². The van der Waals surface area contributed by atoms with Gasteiger partial charge in [-0.05, 0) is 43.9 Å². The van der Waals surface area contributed by atoms with Crippen molar-refractivity contribution in [2.45, 2.75) is 26.2 Å². The average molecular weight is 414 g/mol. The van der Waals surface area contributed by atoms with Gasteiger partial charge in [0.25, 0.3) is 5.91 Å². The predicted octanol–water partition coefficient (Wildman–Crippen LogP) is 3.94. The van der Waals surface area contributed by atoms with Gasteiger partial charge >= 0.3 is 5.97 Å². The van der Waals surface area contributed by atoms with Crippen LogP contribution in [-0.4, -0.2) is 42.3 Å². The number of halogens is 1. The summed E-state index contributed by atoms with van der Waals surface area (Å²) in [6.07, 6.45) is 1.60. The van der Waals surface area contributed by atoms with Crippen molar-refractivity contribution in [3.8, 4) is 0 Å². The normalized spacial score (nSPS) is 18.9. The number of carbonyl (C=O) groups excluding carboxylic acids is 3. The van der Waals surface area contributed by atoms with E-state index in [9.17, 15) is 14.4 Å². The molecule has 0 N–H and O–H groups in total. The van der Waals surface area contributed by atoms with E-state index in [-0.39, 0.29) is 19.1 Å². The van der Waals surface area contributed by atoms with E-state index in [0.29, 0.717) is 36.4 Å². The first-order chi connectivity index (χ1) is 13.9. The van der Waals surface area contributed by atoms with Crippen LogP contribution >= 0.6 is 11.6 Å². The third-order valence-electron chi connectivity index (χ3n) is 5.23. The number of esters is 1. The number of benzene rings is 2. The minimum absolute atomic E-state index is 0.149. The van der Waals surface area contributed by atoms with Crippen molar-refractivity contribution in [2.75, 3.05) is 19.7 Å². The number of hydrogen-bond acceptors (Lipinski definition) is 4. The van der Waals surface area contributed by atoms with E-state index in [0.717, 1.165) is 5.56 Å². The molecule has 1 aliphatic heterocycles. The Kier molecular flexibility index (Phi) is 6.70. The van der Waals surface area contributed by atoms with Gasteiger partial charge in [0, 0.05) is 23.7 Å². The van der Waals surface area contributed by atoms with Crippen LogP contribution in [0.15, 0.2) is 54.6 Å². The number of amides is 1. The van der Waals surface area contributed by atoms with Crippen LogP contribution in [0.5, 0.6) is 0 Å². The molecule has 0 aromatic heterocycles. The van der Waals surface area contributed by atoms with Crippen molar-refractivity contribution in [1.82, 2.24) is 4.90 Å². The highest BCUT2D eigenvalue weighted by molar-refractivity contribution is 6.42. The van der Waals surface area contributed by atoms with Crippen molar-refractivity contribution in [1.29, 1.82) is 0 Å². The quantitative estimate of drug-likeness (QED) is 0.409. The maximum atomic E-state index is 12.9. The summed E-state index contributed by atoms with van der Waals surface area (Å²) in [5.41, 5.74) is 0.347. The van der Waals surface area contributed by atoms with Gasteiger partial charge in [0.15, 0.2) is 0 Å². The van der Waals surface area contributed by atoms with Crippen molar-refractivity contribution in [2.24, 2.45) is 5.41 Å². The van der Waals surface area contributed by atoms with Crippen LogP contribution < -0.4 is 0 Å². The standard InChI is InChI=1S/C23H24ClNO4/c1-2-29-22(28)23(15-17-8-6-11-19(24)14-17)12-7-13-25(16-23)21(27)20(26)18-9-4-3-5-10-18/h3-6,8-11,14H,2,7,12-13,15-16H2,1H3/t23-/m1/s1. The lowest BCUT2D eigenvalue weighted by molar-refractivity contribution is -0.160. The second-order valence-corrected chi connectivity index (χ2v) is 7.77. The summed E-state index contributed by atoms with van der Waals surface area (Å²) in [5, 5.41) is 0.588. The zero-order valence-electron chi connectivity index (χ0n) is 16.4. The molecule has 6 heteroatoms. The van der Waals surface area contributed by atoms with Gasteiger partial charge in [-0.2, -0.15) is 0 Å². The number of nitrogens with zero attached hydrogens (tertiary/aromatic N) is 1. The summed E-state index contributed by atoms with van der Waals surface area (Å²) in [5.74, 6) is -1.49. The number of rotatable bonds is 6. The van der Waals surface area contributed by atoms with Crippen LogP contribution in [0.1, 0.15) is 35.7 Å². The summed E-state index contributed by atoms with van der Waals surface area (Å²) in [7, 11) is 0. The van der Waals surface area contributed by atoms with Crippen molar-refractivity contribution >= 4 is 29.3 Å². The molecule has 152 valence electrons. The number of hydrogen-bond donors (Lipinski definition) is 0. The van der Waals surface area contributed by atoms with Crippen molar-refractivity contribution in [3.63, 3.8) is 0 Å². The van der Waals surface area contributed by atoms with E-state index in [1.54, 1.807) is 43.3 Å². The first-order valence-corrected chi connectivity index (χ1v) is 10.1. The van der Waals surface area contributed by atoms with E-state index in [1.807, 2.05) is 18.2 Å². The highest BCUT2D eigenvalue weighted by Gasteiger charge is 2.45. The molecule has 0 spiro atoms. The molecule has 1 heterocycles. The summed E-state index contributed by atoms with van der Waals surface area (Å²) in [6.45, 7) is 2.60. The number of ether oxygens (including phenoxy) is 1. The van der Waals surface area contributed by atoms with Crippen molar-refractivity contribution < 1.29 is 19.1 Å². The molecular weight excluding hydrogens is 390 g/mol. The first kappa shape index (κ1) is 21.1. The highest BCUT2D eigenvalue weighted by atomic mass is 35.5. The molecule has 0 unspecified atom stereocenters. The third-order valence-corrected chi connectivity index (χ3v) is 5.47. The highest BCUT2D eigenvalue weighted by Crippen LogP contribution is 2.36. The summed E-state index contributed by atoms with van der Waals surface area (Å²) >= 11 is 6.11. The zero-order chi connectivity index (χ0) is 20.9. The van der Waals surface area contributed by atoms with Gasteiger partial charge < -0.3 is 9.64 Å². The topological polar surface area (TPSA) is 63.7 Å². The Morgan fingerprint density at radius 1 is 1.10 bits per heavy atom. The minimum atomic E-state index is -0.897. The van der Waals surface area contributed by atoms with E-state index in [4.69, 9.17) is 16.3 Å². The van der Waals surface area contributed by atoms with Gasteiger partial charge in [-0.25, -0.2) is 0 Å². The van der Waals surface area contributed by atoms with Gasteiger partial charge in [0.05, 0.1) is 12.0 Å². The Morgan fingerprint density at radius 3 is 2.55 bits per heavy atom. The molecule has 29 heavy (non-hydrogen) atoms. The Hall–Kier alpha value is -2.66. The fourth-order valence-electron chi connectivity index (χ4n) is 3.87. The first-order valence-electron chi connectivity index (χ1n) is 9.75. The van der Waals surface area contributed by atoms with Crippen LogP contribution in [0.4, 0.5) is 0 Å². The predicted molar refractivity (Wildman–Crippen MR) is 111 cm³/mol. The number of likely N-dealkylation sites (tertiary alicyclic amines) is 1. The molecule has 0 bridgehead atoms. The van der Waals surface area contributed by atoms with E-state index >= 15 is 0 Å². The zero-order valence-corrected chi connectivity index (χ0v) is 17.2. The second kappa shape index (κ2) is 9.23. The minimum Gasteiger partial charge on any atom is -0.466 e. The third kappa shape index (κ3) is 4.85. The number of piperidine rings is 1. The molecule has 2 aromatic rings. The lowest BCUT2D eigenvalue weighted by atomic mass is 9.75. The van der Waals surface area contributed by atoms with Crippen LogP contribution in [-0.2, 0) is 20.7 Å². The van der Waals surface area contributed by atoms with E-state index < -0.39 is 17.1 Å². The summed E-state index contributed by atoms with van der Waals surface area (Å²) < 4.78 is 5.37. The second-order valence-electron chi connectivity index (χ2n) is 7.33. The molecule has 0 saturated carbocycles. The Bertz CT molecular complexity index is 899. The molecular formula is C23H24ClNO4. The Labute approximate surface area is 175 Å².